The van der Waals surface area contributed by atoms with E-state index >= 15 is 0 Å². The number of hydrogen-bond donors (Lipinski definition) is 0. The molecular formula is C24H25NO2. The molecule has 0 aliphatic heterocycles. The summed E-state index contributed by atoms with van der Waals surface area (Å²) in [6.45, 7) is 5.21. The Labute approximate surface area is 161 Å². The van der Waals surface area contributed by atoms with Gasteiger partial charge in [0.1, 0.15) is 6.61 Å². The standard InChI is InChI=1S/C24H25NO2/c1-3-19-10-13-22(14-11-19)25-17-21-12-15-23(24(16-21)26-4-2)27-18-20-8-6-5-7-9-20/h5-17H,3-4,18H2,1-2H3. The van der Waals surface area contributed by atoms with Crippen LogP contribution in [0, 0.1) is 0 Å². The molecule has 0 radical (unpaired) electrons. The van der Waals surface area contributed by atoms with Crippen molar-refractivity contribution in [2.45, 2.75) is 26.9 Å². The summed E-state index contributed by atoms with van der Waals surface area (Å²) in [4.78, 5) is 4.55. The average molecular weight is 359 g/mol. The molecular weight excluding hydrogens is 334 g/mol. The number of nitrogens with zero attached hydrogens (tertiary/aromatic N) is 1. The monoisotopic (exact) mass is 359 g/mol. The minimum Gasteiger partial charge on any atom is -0.490 e. The summed E-state index contributed by atoms with van der Waals surface area (Å²) < 4.78 is 11.7. The molecule has 138 valence electrons. The van der Waals surface area contributed by atoms with Crippen LogP contribution in [0.15, 0.2) is 77.8 Å². The molecule has 0 saturated heterocycles. The molecule has 3 aromatic carbocycles. The minimum absolute atomic E-state index is 0.512. The van der Waals surface area contributed by atoms with Crippen molar-refractivity contribution < 1.29 is 9.47 Å². The summed E-state index contributed by atoms with van der Waals surface area (Å²) in [5.41, 5.74) is 4.35. The van der Waals surface area contributed by atoms with Gasteiger partial charge in [-0.3, -0.25) is 4.99 Å². The van der Waals surface area contributed by atoms with Crippen LogP contribution in [0.5, 0.6) is 11.5 Å². The molecule has 0 aliphatic carbocycles. The molecule has 3 rings (SSSR count). The Kier molecular flexibility index (Phi) is 6.64. The molecule has 0 aliphatic rings. The SMILES string of the molecule is CCOc1cc(C=Nc2ccc(CC)cc2)ccc1OCc1ccccc1. The van der Waals surface area contributed by atoms with Crippen LogP contribution >= 0.6 is 0 Å². The lowest BCUT2D eigenvalue weighted by atomic mass is 10.1. The second-order valence-corrected chi connectivity index (χ2v) is 6.19. The lowest BCUT2D eigenvalue weighted by Gasteiger charge is -2.12. The summed E-state index contributed by atoms with van der Waals surface area (Å²) in [7, 11) is 0. The molecule has 0 amide bonds. The van der Waals surface area contributed by atoms with Gasteiger partial charge in [0.25, 0.3) is 0 Å². The van der Waals surface area contributed by atoms with Crippen molar-refractivity contribution in [3.63, 3.8) is 0 Å². The van der Waals surface area contributed by atoms with E-state index in [9.17, 15) is 0 Å². The average Bonchev–Trinajstić information content (AvgIpc) is 2.73. The molecule has 27 heavy (non-hydrogen) atoms. The first-order chi connectivity index (χ1) is 13.3. The maximum atomic E-state index is 5.95. The van der Waals surface area contributed by atoms with Crippen molar-refractivity contribution >= 4 is 11.9 Å². The molecule has 0 spiro atoms. The van der Waals surface area contributed by atoms with E-state index < -0.39 is 0 Å². The Bertz CT molecular complexity index is 871. The fourth-order valence-corrected chi connectivity index (χ4v) is 2.69. The number of ether oxygens (including phenoxy) is 2. The predicted octanol–water partition coefficient (Wildman–Crippen LogP) is 5.98. The van der Waals surface area contributed by atoms with Gasteiger partial charge in [-0.1, -0.05) is 49.4 Å². The van der Waals surface area contributed by atoms with Gasteiger partial charge in [-0.25, -0.2) is 0 Å². The predicted molar refractivity (Wildman–Crippen MR) is 111 cm³/mol. The van der Waals surface area contributed by atoms with E-state index in [1.807, 2.05) is 73.8 Å². The third kappa shape index (κ3) is 5.45. The van der Waals surface area contributed by atoms with E-state index in [-0.39, 0.29) is 0 Å². The van der Waals surface area contributed by atoms with E-state index in [1.54, 1.807) is 0 Å². The lowest BCUT2D eigenvalue weighted by molar-refractivity contribution is 0.269. The van der Waals surface area contributed by atoms with Gasteiger partial charge in [-0.2, -0.15) is 0 Å². The highest BCUT2D eigenvalue weighted by Crippen LogP contribution is 2.29. The summed E-state index contributed by atoms with van der Waals surface area (Å²) in [6, 6.07) is 24.3. The van der Waals surface area contributed by atoms with E-state index in [4.69, 9.17) is 9.47 Å². The Hall–Kier alpha value is -3.07. The van der Waals surface area contributed by atoms with Gasteiger partial charge in [0.2, 0.25) is 0 Å². The molecule has 0 saturated carbocycles. The zero-order valence-electron chi connectivity index (χ0n) is 15.9. The van der Waals surface area contributed by atoms with Crippen molar-refractivity contribution in [1.29, 1.82) is 0 Å². The van der Waals surface area contributed by atoms with Gasteiger partial charge in [0.05, 0.1) is 12.3 Å². The summed E-state index contributed by atoms with van der Waals surface area (Å²) in [5, 5.41) is 0. The molecule has 3 aromatic rings. The summed E-state index contributed by atoms with van der Waals surface area (Å²) in [5.74, 6) is 1.48. The van der Waals surface area contributed by atoms with Gasteiger partial charge in [-0.05, 0) is 60.4 Å². The number of aliphatic imine (C=N–C) groups is 1. The maximum Gasteiger partial charge on any atom is 0.161 e. The number of benzene rings is 3. The van der Waals surface area contributed by atoms with Crippen LogP contribution in [0.4, 0.5) is 5.69 Å². The molecule has 0 fully saturated rings. The highest BCUT2D eigenvalue weighted by molar-refractivity contribution is 5.83. The lowest BCUT2D eigenvalue weighted by Crippen LogP contribution is -2.00. The van der Waals surface area contributed by atoms with Gasteiger partial charge in [-0.15, -0.1) is 0 Å². The fraction of sp³-hybridized carbons (Fsp3) is 0.208. The first-order valence-corrected chi connectivity index (χ1v) is 9.35. The number of rotatable bonds is 8. The molecule has 0 heterocycles. The molecule has 3 heteroatoms. The maximum absolute atomic E-state index is 5.95. The largest absolute Gasteiger partial charge is 0.490 e. The number of hydrogen-bond acceptors (Lipinski definition) is 3. The van der Waals surface area contributed by atoms with Crippen LogP contribution in [0.3, 0.4) is 0 Å². The first-order valence-electron chi connectivity index (χ1n) is 9.35. The zero-order valence-corrected chi connectivity index (χ0v) is 15.9. The quantitative estimate of drug-likeness (QED) is 0.463. The molecule has 0 aromatic heterocycles. The first kappa shape index (κ1) is 18.7. The van der Waals surface area contributed by atoms with Gasteiger partial charge < -0.3 is 9.47 Å². The fourth-order valence-electron chi connectivity index (χ4n) is 2.69. The van der Waals surface area contributed by atoms with Gasteiger partial charge >= 0.3 is 0 Å². The van der Waals surface area contributed by atoms with E-state index in [1.165, 1.54) is 5.56 Å². The Morgan fingerprint density at radius 3 is 2.26 bits per heavy atom. The smallest absolute Gasteiger partial charge is 0.161 e. The van der Waals surface area contributed by atoms with Crippen molar-refractivity contribution in [2.24, 2.45) is 4.99 Å². The number of aryl methyl sites for hydroxylation is 1. The zero-order chi connectivity index (χ0) is 18.9. The molecule has 0 bridgehead atoms. The second kappa shape index (κ2) is 9.58. The molecule has 0 N–H and O–H groups in total. The Balaban J connectivity index is 1.72. The van der Waals surface area contributed by atoms with Gasteiger partial charge in [0.15, 0.2) is 11.5 Å². The van der Waals surface area contributed by atoms with Crippen LogP contribution in [0.1, 0.15) is 30.5 Å². The highest BCUT2D eigenvalue weighted by Gasteiger charge is 2.06. The molecule has 0 unspecified atom stereocenters. The van der Waals surface area contributed by atoms with E-state index in [0.717, 1.165) is 34.7 Å². The summed E-state index contributed by atoms with van der Waals surface area (Å²) >= 11 is 0. The second-order valence-electron chi connectivity index (χ2n) is 6.19. The van der Waals surface area contributed by atoms with Crippen LogP contribution in [0.2, 0.25) is 0 Å². The van der Waals surface area contributed by atoms with Crippen LogP contribution in [-0.4, -0.2) is 12.8 Å². The molecule has 3 nitrogen and oxygen atoms in total. The van der Waals surface area contributed by atoms with Crippen molar-refractivity contribution in [1.82, 2.24) is 0 Å². The van der Waals surface area contributed by atoms with E-state index in [2.05, 4.69) is 24.0 Å². The highest BCUT2D eigenvalue weighted by atomic mass is 16.5. The van der Waals surface area contributed by atoms with Crippen molar-refractivity contribution in [3.8, 4) is 11.5 Å². The van der Waals surface area contributed by atoms with E-state index in [0.29, 0.717) is 13.2 Å². The third-order valence-electron chi connectivity index (χ3n) is 4.21. The van der Waals surface area contributed by atoms with Crippen LogP contribution in [0.25, 0.3) is 0 Å². The van der Waals surface area contributed by atoms with Crippen molar-refractivity contribution in [3.05, 3.63) is 89.5 Å². The minimum atomic E-state index is 0.512. The van der Waals surface area contributed by atoms with Crippen LogP contribution in [-0.2, 0) is 13.0 Å². The van der Waals surface area contributed by atoms with Gasteiger partial charge in [0, 0.05) is 6.21 Å². The third-order valence-corrected chi connectivity index (χ3v) is 4.21. The molecule has 0 atom stereocenters. The topological polar surface area (TPSA) is 30.8 Å². The Morgan fingerprint density at radius 2 is 1.56 bits per heavy atom. The Morgan fingerprint density at radius 1 is 0.778 bits per heavy atom. The van der Waals surface area contributed by atoms with Crippen molar-refractivity contribution in [2.75, 3.05) is 6.61 Å². The van der Waals surface area contributed by atoms with Crippen LogP contribution < -0.4 is 9.47 Å². The summed E-state index contributed by atoms with van der Waals surface area (Å²) in [6.07, 6.45) is 2.89. The normalized spacial score (nSPS) is 10.9.